The summed E-state index contributed by atoms with van der Waals surface area (Å²) in [5, 5.41) is 12.2. The molecule has 0 saturated heterocycles. The zero-order valence-electron chi connectivity index (χ0n) is 15.5. The molecule has 4 rings (SSSR count). The highest BCUT2D eigenvalue weighted by Crippen LogP contribution is 2.47. The molecule has 2 aromatic heterocycles. The molecule has 1 amide bonds. The molecule has 1 saturated carbocycles. The predicted molar refractivity (Wildman–Crippen MR) is 101 cm³/mol. The SMILES string of the molecule is Cc1nn(C)c(C)c1C(=O)Nc1cc([C@@H]2C[C@H]2C)nn1-c1ccccc1. The highest BCUT2D eigenvalue weighted by molar-refractivity contribution is 6.05. The maximum absolute atomic E-state index is 12.9. The maximum Gasteiger partial charge on any atom is 0.260 e. The van der Waals surface area contributed by atoms with Gasteiger partial charge in [-0.3, -0.25) is 9.48 Å². The summed E-state index contributed by atoms with van der Waals surface area (Å²) in [5.74, 6) is 1.68. The average Bonchev–Trinajstić information content (AvgIpc) is 3.10. The molecule has 0 spiro atoms. The quantitative estimate of drug-likeness (QED) is 0.783. The molecular formula is C20H23N5O. The van der Waals surface area contributed by atoms with Crippen molar-refractivity contribution in [1.82, 2.24) is 19.6 Å². The van der Waals surface area contributed by atoms with Crippen LogP contribution in [0.5, 0.6) is 0 Å². The molecule has 1 fully saturated rings. The van der Waals surface area contributed by atoms with E-state index in [2.05, 4.69) is 17.3 Å². The van der Waals surface area contributed by atoms with Crippen molar-refractivity contribution in [2.75, 3.05) is 5.32 Å². The van der Waals surface area contributed by atoms with E-state index in [1.165, 1.54) is 0 Å². The fourth-order valence-electron chi connectivity index (χ4n) is 3.45. The zero-order valence-corrected chi connectivity index (χ0v) is 15.5. The number of hydrogen-bond acceptors (Lipinski definition) is 3. The second-order valence-electron chi connectivity index (χ2n) is 7.14. The van der Waals surface area contributed by atoms with Gasteiger partial charge in [-0.2, -0.15) is 10.2 Å². The van der Waals surface area contributed by atoms with Crippen molar-refractivity contribution in [3.05, 3.63) is 59.0 Å². The molecule has 1 aliphatic carbocycles. The van der Waals surface area contributed by atoms with Crippen LogP contribution in [0.3, 0.4) is 0 Å². The maximum atomic E-state index is 12.9. The van der Waals surface area contributed by atoms with Gasteiger partial charge in [0.1, 0.15) is 5.82 Å². The van der Waals surface area contributed by atoms with Gasteiger partial charge in [-0.05, 0) is 38.3 Å². The number of carbonyl (C=O) groups is 1. The first-order chi connectivity index (χ1) is 12.5. The lowest BCUT2D eigenvalue weighted by molar-refractivity contribution is 0.102. The summed E-state index contributed by atoms with van der Waals surface area (Å²) in [6.07, 6.45) is 1.15. The van der Waals surface area contributed by atoms with E-state index in [0.29, 0.717) is 23.2 Å². The fraction of sp³-hybridized carbons (Fsp3) is 0.350. The largest absolute Gasteiger partial charge is 0.306 e. The van der Waals surface area contributed by atoms with Gasteiger partial charge in [0.05, 0.1) is 22.6 Å². The number of aryl methyl sites for hydroxylation is 2. The number of amides is 1. The molecule has 1 aliphatic rings. The molecule has 2 heterocycles. The molecule has 26 heavy (non-hydrogen) atoms. The second kappa shape index (κ2) is 6.12. The van der Waals surface area contributed by atoms with Gasteiger partial charge in [-0.1, -0.05) is 25.1 Å². The van der Waals surface area contributed by atoms with Crippen molar-refractivity contribution >= 4 is 11.7 Å². The molecule has 1 aromatic carbocycles. The second-order valence-corrected chi connectivity index (χ2v) is 7.14. The highest BCUT2D eigenvalue weighted by atomic mass is 16.1. The van der Waals surface area contributed by atoms with Gasteiger partial charge < -0.3 is 5.32 Å². The average molecular weight is 349 g/mol. The Bertz CT molecular complexity index is 970. The van der Waals surface area contributed by atoms with E-state index in [4.69, 9.17) is 5.10 Å². The normalized spacial score (nSPS) is 18.8. The first-order valence-corrected chi connectivity index (χ1v) is 8.92. The molecule has 1 N–H and O–H groups in total. The molecule has 0 radical (unpaired) electrons. The van der Waals surface area contributed by atoms with Crippen LogP contribution < -0.4 is 5.32 Å². The van der Waals surface area contributed by atoms with E-state index in [1.54, 1.807) is 4.68 Å². The Labute approximate surface area is 152 Å². The molecule has 0 aliphatic heterocycles. The number of rotatable bonds is 4. The molecular weight excluding hydrogens is 326 g/mol. The van der Waals surface area contributed by atoms with Gasteiger partial charge in [-0.15, -0.1) is 0 Å². The number of nitrogens with one attached hydrogen (secondary N) is 1. The van der Waals surface area contributed by atoms with Gasteiger partial charge in [0.2, 0.25) is 0 Å². The number of para-hydroxylation sites is 1. The summed E-state index contributed by atoms with van der Waals surface area (Å²) in [7, 11) is 1.85. The van der Waals surface area contributed by atoms with E-state index in [9.17, 15) is 4.79 Å². The van der Waals surface area contributed by atoms with E-state index < -0.39 is 0 Å². The van der Waals surface area contributed by atoms with Crippen LogP contribution in [0.25, 0.3) is 5.69 Å². The first kappa shape index (κ1) is 16.6. The van der Waals surface area contributed by atoms with Crippen LogP contribution in [0, 0.1) is 19.8 Å². The monoisotopic (exact) mass is 349 g/mol. The van der Waals surface area contributed by atoms with E-state index in [1.807, 2.05) is 62.0 Å². The lowest BCUT2D eigenvalue weighted by atomic mass is 10.2. The molecule has 2 atom stereocenters. The first-order valence-electron chi connectivity index (χ1n) is 8.92. The molecule has 0 unspecified atom stereocenters. The minimum Gasteiger partial charge on any atom is -0.306 e. The smallest absolute Gasteiger partial charge is 0.260 e. The third-order valence-corrected chi connectivity index (χ3v) is 5.20. The summed E-state index contributed by atoms with van der Waals surface area (Å²) < 4.78 is 3.55. The number of benzene rings is 1. The standard InChI is InChI=1S/C20H23N5O/c1-12-10-16(12)17-11-18(25(23-17)15-8-6-5-7-9-15)21-20(26)19-13(2)22-24(4)14(19)3/h5-9,11-12,16H,10H2,1-4H3,(H,21,26)/t12-,16-/m1/s1. The minimum absolute atomic E-state index is 0.152. The summed E-state index contributed by atoms with van der Waals surface area (Å²) >= 11 is 0. The number of nitrogens with zero attached hydrogens (tertiary/aromatic N) is 4. The molecule has 3 aromatic rings. The Kier molecular flexibility index (Phi) is 3.90. The van der Waals surface area contributed by atoms with Gasteiger partial charge >= 0.3 is 0 Å². The van der Waals surface area contributed by atoms with Crippen LogP contribution >= 0.6 is 0 Å². The van der Waals surface area contributed by atoms with Crippen molar-refractivity contribution in [1.29, 1.82) is 0 Å². The van der Waals surface area contributed by atoms with E-state index in [-0.39, 0.29) is 5.91 Å². The van der Waals surface area contributed by atoms with Crippen molar-refractivity contribution < 1.29 is 4.79 Å². The zero-order chi connectivity index (χ0) is 18.4. The molecule has 6 nitrogen and oxygen atoms in total. The van der Waals surface area contributed by atoms with Gasteiger partial charge in [0, 0.05) is 24.7 Å². The number of aromatic nitrogens is 4. The topological polar surface area (TPSA) is 64.7 Å². The van der Waals surface area contributed by atoms with Gasteiger partial charge in [0.25, 0.3) is 5.91 Å². The fourth-order valence-corrected chi connectivity index (χ4v) is 3.45. The summed E-state index contributed by atoms with van der Waals surface area (Å²) in [6.45, 7) is 5.99. The lowest BCUT2D eigenvalue weighted by Gasteiger charge is -2.09. The lowest BCUT2D eigenvalue weighted by Crippen LogP contribution is -2.16. The van der Waals surface area contributed by atoms with E-state index >= 15 is 0 Å². The molecule has 6 heteroatoms. The van der Waals surface area contributed by atoms with Crippen LogP contribution in [0.2, 0.25) is 0 Å². The summed E-state index contributed by atoms with van der Waals surface area (Å²) in [5.41, 5.74) is 4.17. The third kappa shape index (κ3) is 2.81. The molecule has 0 bridgehead atoms. The minimum atomic E-state index is -0.152. The van der Waals surface area contributed by atoms with E-state index in [0.717, 1.165) is 29.2 Å². The van der Waals surface area contributed by atoms with Crippen molar-refractivity contribution in [3.63, 3.8) is 0 Å². The Balaban J connectivity index is 1.71. The Morgan fingerprint density at radius 3 is 2.46 bits per heavy atom. The van der Waals surface area contributed by atoms with Crippen molar-refractivity contribution in [2.45, 2.75) is 33.1 Å². The predicted octanol–water partition coefficient (Wildman–Crippen LogP) is 3.60. The van der Waals surface area contributed by atoms with Crippen molar-refractivity contribution in [3.8, 4) is 5.69 Å². The van der Waals surface area contributed by atoms with Crippen LogP contribution in [-0.4, -0.2) is 25.5 Å². The Morgan fingerprint density at radius 2 is 1.88 bits per heavy atom. The van der Waals surface area contributed by atoms with Crippen LogP contribution in [0.15, 0.2) is 36.4 Å². The van der Waals surface area contributed by atoms with Crippen LogP contribution in [-0.2, 0) is 7.05 Å². The number of hydrogen-bond donors (Lipinski definition) is 1. The number of carbonyl (C=O) groups excluding carboxylic acids is 1. The third-order valence-electron chi connectivity index (χ3n) is 5.20. The van der Waals surface area contributed by atoms with Crippen LogP contribution in [0.4, 0.5) is 5.82 Å². The Morgan fingerprint density at radius 1 is 1.19 bits per heavy atom. The number of anilines is 1. The molecule has 134 valence electrons. The highest BCUT2D eigenvalue weighted by Gasteiger charge is 2.37. The van der Waals surface area contributed by atoms with Crippen LogP contribution in [0.1, 0.15) is 46.7 Å². The summed E-state index contributed by atoms with van der Waals surface area (Å²) in [4.78, 5) is 12.9. The van der Waals surface area contributed by atoms with Crippen molar-refractivity contribution in [2.24, 2.45) is 13.0 Å². The van der Waals surface area contributed by atoms with Gasteiger partial charge in [-0.25, -0.2) is 4.68 Å². The summed E-state index contributed by atoms with van der Waals surface area (Å²) in [6, 6.07) is 11.9. The van der Waals surface area contributed by atoms with Gasteiger partial charge in [0.15, 0.2) is 0 Å². The Hall–Kier alpha value is -2.89.